The molecule has 3 atom stereocenters. The van der Waals surface area contributed by atoms with E-state index in [4.69, 9.17) is 0 Å². The molecule has 2 aliphatic rings. The second-order valence-corrected chi connectivity index (χ2v) is 12.0. The first kappa shape index (κ1) is 25.9. The van der Waals surface area contributed by atoms with Crippen molar-refractivity contribution >= 4 is 38.5 Å². The minimum Gasteiger partial charge on any atom is -0.339 e. The number of amides is 2. The molecule has 3 unspecified atom stereocenters. The zero-order chi connectivity index (χ0) is 27.0. The molecule has 0 bridgehead atoms. The molecule has 11 heteroatoms. The number of nitrogens with zero attached hydrogens (tertiary/aromatic N) is 4. The van der Waals surface area contributed by atoms with Gasteiger partial charge in [-0.3, -0.25) is 19.4 Å². The van der Waals surface area contributed by atoms with Crippen molar-refractivity contribution in [1.82, 2.24) is 24.5 Å². The Hall–Kier alpha value is -3.70. The number of ketones is 1. The number of rotatable bonds is 7. The summed E-state index contributed by atoms with van der Waals surface area (Å²) in [4.78, 5) is 49.7. The average molecular weight is 536 g/mol. The van der Waals surface area contributed by atoms with E-state index in [0.29, 0.717) is 18.4 Å². The number of pyridine rings is 2. The summed E-state index contributed by atoms with van der Waals surface area (Å²) in [6.07, 6.45) is 3.41. The number of carbonyl (C=O) groups is 3. The predicted molar refractivity (Wildman–Crippen MR) is 139 cm³/mol. The minimum atomic E-state index is -3.95. The van der Waals surface area contributed by atoms with Crippen molar-refractivity contribution in [3.8, 4) is 0 Å². The van der Waals surface area contributed by atoms with Gasteiger partial charge in [-0.15, -0.1) is 0 Å². The molecule has 0 spiro atoms. The van der Waals surface area contributed by atoms with E-state index in [1.54, 1.807) is 12.1 Å². The molecule has 4 heterocycles. The maximum absolute atomic E-state index is 13.7. The molecule has 198 valence electrons. The lowest BCUT2D eigenvalue weighted by atomic mass is 10.0. The highest BCUT2D eigenvalue weighted by Crippen LogP contribution is 2.34. The van der Waals surface area contributed by atoms with E-state index in [0.717, 1.165) is 5.39 Å². The Morgan fingerprint density at radius 1 is 1.11 bits per heavy atom. The van der Waals surface area contributed by atoms with E-state index in [-0.39, 0.29) is 35.4 Å². The molecule has 5 rings (SSSR count). The number of likely N-dealkylation sites (tertiary alicyclic amines) is 1. The lowest BCUT2D eigenvalue weighted by molar-refractivity contribution is -0.138. The highest BCUT2D eigenvalue weighted by Gasteiger charge is 2.54. The van der Waals surface area contributed by atoms with Crippen LogP contribution in [0.1, 0.15) is 37.2 Å². The van der Waals surface area contributed by atoms with Crippen LogP contribution in [0.4, 0.5) is 0 Å². The largest absolute Gasteiger partial charge is 0.339 e. The quantitative estimate of drug-likeness (QED) is 0.490. The molecule has 3 aromatic rings. The molecule has 0 saturated carbocycles. The fourth-order valence-corrected chi connectivity index (χ4v) is 6.88. The lowest BCUT2D eigenvalue weighted by Gasteiger charge is -2.29. The van der Waals surface area contributed by atoms with Gasteiger partial charge in [0, 0.05) is 24.3 Å². The van der Waals surface area contributed by atoms with Crippen LogP contribution in [0.2, 0.25) is 0 Å². The average Bonchev–Trinajstić information content (AvgIpc) is 3.49. The van der Waals surface area contributed by atoms with Crippen LogP contribution in [0.5, 0.6) is 0 Å². The lowest BCUT2D eigenvalue weighted by Crippen LogP contribution is -2.53. The zero-order valence-corrected chi connectivity index (χ0v) is 22.0. The van der Waals surface area contributed by atoms with Crippen LogP contribution in [-0.4, -0.2) is 76.4 Å². The first-order valence-corrected chi connectivity index (χ1v) is 14.0. The molecule has 10 nitrogen and oxygen atoms in total. The van der Waals surface area contributed by atoms with Crippen molar-refractivity contribution in [2.45, 2.75) is 49.7 Å². The van der Waals surface area contributed by atoms with Gasteiger partial charge in [-0.2, -0.15) is 4.31 Å². The summed E-state index contributed by atoms with van der Waals surface area (Å²) in [5.74, 6) is -1.13. The van der Waals surface area contributed by atoms with Crippen molar-refractivity contribution in [1.29, 1.82) is 0 Å². The number of Topliss-reactive ketones (excluding diaryl/α,β-unsaturated/α-hetero) is 1. The standard InChI is InChI=1S/C27H29N5O5S/c1-17(2)14-22(30-26(34)21-10-9-18-6-3-4-8-20(18)29-21)27(35)31-13-11-23-25(31)24(33)16-32(23)38(36,37)19-7-5-12-28-15-19/h3-10,12,15,17,22-23,25H,11,13-14,16H2,1-2H3,(H,30,34). The topological polar surface area (TPSA) is 130 Å². The van der Waals surface area contributed by atoms with Gasteiger partial charge in [0.1, 0.15) is 22.7 Å². The summed E-state index contributed by atoms with van der Waals surface area (Å²) in [6.45, 7) is 3.79. The highest BCUT2D eigenvalue weighted by atomic mass is 32.2. The number of nitrogens with one attached hydrogen (secondary N) is 1. The second-order valence-electron chi connectivity index (χ2n) is 10.1. The summed E-state index contributed by atoms with van der Waals surface area (Å²) >= 11 is 0. The molecule has 38 heavy (non-hydrogen) atoms. The van der Waals surface area contributed by atoms with E-state index in [1.807, 2.05) is 38.1 Å². The number of hydrogen-bond acceptors (Lipinski definition) is 7. The number of fused-ring (bicyclic) bond motifs is 2. The minimum absolute atomic E-state index is 0.00561. The molecular formula is C27H29N5O5S. The van der Waals surface area contributed by atoms with Gasteiger partial charge >= 0.3 is 0 Å². The maximum Gasteiger partial charge on any atom is 0.270 e. The Bertz CT molecular complexity index is 1490. The molecule has 2 aromatic heterocycles. The number of benzene rings is 1. The summed E-state index contributed by atoms with van der Waals surface area (Å²) in [7, 11) is -3.95. The fourth-order valence-electron chi connectivity index (χ4n) is 5.29. The Kier molecular flexibility index (Phi) is 6.97. The molecule has 2 fully saturated rings. The third kappa shape index (κ3) is 4.79. The molecule has 1 N–H and O–H groups in total. The van der Waals surface area contributed by atoms with Crippen molar-refractivity contribution in [2.75, 3.05) is 13.1 Å². The molecule has 2 aliphatic heterocycles. The van der Waals surface area contributed by atoms with E-state index >= 15 is 0 Å². The van der Waals surface area contributed by atoms with Crippen molar-refractivity contribution in [3.63, 3.8) is 0 Å². The Balaban J connectivity index is 1.36. The van der Waals surface area contributed by atoms with Crippen LogP contribution in [-0.2, 0) is 19.6 Å². The van der Waals surface area contributed by atoms with Gasteiger partial charge in [0.2, 0.25) is 15.9 Å². The third-order valence-corrected chi connectivity index (χ3v) is 8.90. The van der Waals surface area contributed by atoms with Crippen molar-refractivity contribution in [3.05, 3.63) is 66.6 Å². The number of para-hydroxylation sites is 1. The van der Waals surface area contributed by atoms with Gasteiger partial charge in [0.15, 0.2) is 5.78 Å². The molecule has 0 radical (unpaired) electrons. The first-order valence-electron chi connectivity index (χ1n) is 12.6. The van der Waals surface area contributed by atoms with Crippen LogP contribution in [0.15, 0.2) is 65.8 Å². The molecule has 1 aromatic carbocycles. The highest BCUT2D eigenvalue weighted by molar-refractivity contribution is 7.89. The van der Waals surface area contributed by atoms with Crippen LogP contribution in [0.25, 0.3) is 10.9 Å². The normalized spacial score (nSPS) is 20.6. The van der Waals surface area contributed by atoms with Gasteiger partial charge in [-0.05, 0) is 43.0 Å². The molecule has 2 saturated heterocycles. The zero-order valence-electron chi connectivity index (χ0n) is 21.1. The Morgan fingerprint density at radius 2 is 1.89 bits per heavy atom. The SMILES string of the molecule is CC(C)CC(NC(=O)c1ccc2ccccc2n1)C(=O)N1CCC2C1C(=O)CN2S(=O)(=O)c1cccnc1. The number of carbonyl (C=O) groups excluding carboxylic acids is 3. The van der Waals surface area contributed by atoms with Gasteiger partial charge in [-0.1, -0.05) is 38.1 Å². The number of aromatic nitrogens is 2. The van der Waals surface area contributed by atoms with Gasteiger partial charge in [0.05, 0.1) is 18.1 Å². The van der Waals surface area contributed by atoms with E-state index in [2.05, 4.69) is 15.3 Å². The van der Waals surface area contributed by atoms with Crippen LogP contribution in [0.3, 0.4) is 0 Å². The van der Waals surface area contributed by atoms with E-state index < -0.39 is 40.0 Å². The van der Waals surface area contributed by atoms with Crippen molar-refractivity contribution in [2.24, 2.45) is 5.92 Å². The first-order chi connectivity index (χ1) is 18.2. The Labute approximate surface area is 221 Å². The maximum atomic E-state index is 13.7. The van der Waals surface area contributed by atoms with Gasteiger partial charge < -0.3 is 10.2 Å². The van der Waals surface area contributed by atoms with Crippen LogP contribution >= 0.6 is 0 Å². The van der Waals surface area contributed by atoms with Gasteiger partial charge in [-0.25, -0.2) is 13.4 Å². The number of hydrogen-bond donors (Lipinski definition) is 1. The monoisotopic (exact) mass is 535 g/mol. The van der Waals surface area contributed by atoms with E-state index in [9.17, 15) is 22.8 Å². The van der Waals surface area contributed by atoms with E-state index in [1.165, 1.54) is 33.7 Å². The molecular weight excluding hydrogens is 506 g/mol. The number of sulfonamides is 1. The van der Waals surface area contributed by atoms with Crippen LogP contribution in [0, 0.1) is 5.92 Å². The second kappa shape index (κ2) is 10.2. The molecule has 0 aliphatic carbocycles. The van der Waals surface area contributed by atoms with Crippen molar-refractivity contribution < 1.29 is 22.8 Å². The summed E-state index contributed by atoms with van der Waals surface area (Å²) in [5.41, 5.74) is 0.857. The fraction of sp³-hybridized carbons (Fsp3) is 0.370. The summed E-state index contributed by atoms with van der Waals surface area (Å²) < 4.78 is 27.7. The Morgan fingerprint density at radius 3 is 2.63 bits per heavy atom. The smallest absolute Gasteiger partial charge is 0.270 e. The summed E-state index contributed by atoms with van der Waals surface area (Å²) in [6, 6.07) is 11.4. The predicted octanol–water partition coefficient (Wildman–Crippen LogP) is 2.02. The van der Waals surface area contributed by atoms with Gasteiger partial charge in [0.25, 0.3) is 5.91 Å². The molecule has 2 amide bonds. The third-order valence-electron chi connectivity index (χ3n) is 7.04. The van der Waals surface area contributed by atoms with Crippen LogP contribution < -0.4 is 5.32 Å². The summed E-state index contributed by atoms with van der Waals surface area (Å²) in [5, 5.41) is 3.72.